The Morgan fingerprint density at radius 3 is 2.79 bits per heavy atom. The highest BCUT2D eigenvalue weighted by molar-refractivity contribution is 5.78. The largest absolute Gasteiger partial charge is 0.465 e. The molecule has 0 spiro atoms. The summed E-state index contributed by atoms with van der Waals surface area (Å²) in [5.74, 6) is 1.84. The lowest BCUT2D eigenvalue weighted by molar-refractivity contribution is -0.146. The van der Waals surface area contributed by atoms with Crippen LogP contribution in [0.25, 0.3) is 0 Å². The molecule has 4 nitrogen and oxygen atoms in total. The van der Waals surface area contributed by atoms with Gasteiger partial charge in [-0.25, -0.2) is 0 Å². The normalized spacial score (nSPS) is 22.8. The molecule has 24 heavy (non-hydrogen) atoms. The van der Waals surface area contributed by atoms with Gasteiger partial charge in [0.25, 0.3) is 0 Å². The molecule has 1 aromatic carbocycles. The van der Waals surface area contributed by atoms with E-state index in [1.54, 1.807) is 0 Å². The van der Waals surface area contributed by atoms with Crippen LogP contribution in [0, 0.1) is 17.3 Å². The molecule has 2 aliphatic rings. The quantitative estimate of drug-likeness (QED) is 0.447. The minimum Gasteiger partial charge on any atom is -0.465 e. The van der Waals surface area contributed by atoms with Gasteiger partial charge < -0.3 is 14.2 Å². The maximum absolute atomic E-state index is 12.3. The zero-order valence-electron chi connectivity index (χ0n) is 14.9. The number of aryl methyl sites for hydroxylation is 1. The van der Waals surface area contributed by atoms with E-state index in [9.17, 15) is 4.79 Å². The molecular formula is C20H26O4. The third-order valence-electron chi connectivity index (χ3n) is 4.97. The van der Waals surface area contributed by atoms with Crippen LogP contribution in [0.4, 0.5) is 0 Å². The van der Waals surface area contributed by atoms with Crippen molar-refractivity contribution in [3.8, 4) is 11.5 Å². The van der Waals surface area contributed by atoms with Crippen molar-refractivity contribution in [3.63, 3.8) is 0 Å². The third kappa shape index (κ3) is 3.42. The second kappa shape index (κ2) is 6.50. The van der Waals surface area contributed by atoms with Crippen LogP contribution >= 0.6 is 0 Å². The van der Waals surface area contributed by atoms with Gasteiger partial charge in [0, 0.05) is 0 Å². The van der Waals surface area contributed by atoms with Crippen LogP contribution in [0.1, 0.15) is 39.7 Å². The molecule has 1 fully saturated rings. The molecule has 2 atom stereocenters. The topological polar surface area (TPSA) is 44.8 Å². The van der Waals surface area contributed by atoms with E-state index in [1.165, 1.54) is 11.1 Å². The number of esters is 1. The highest BCUT2D eigenvalue weighted by Crippen LogP contribution is 2.59. The number of fused-ring (bicyclic) bond motifs is 1. The molecule has 1 aliphatic carbocycles. The van der Waals surface area contributed by atoms with E-state index in [4.69, 9.17) is 14.2 Å². The van der Waals surface area contributed by atoms with Crippen molar-refractivity contribution in [1.82, 2.24) is 0 Å². The summed E-state index contributed by atoms with van der Waals surface area (Å²) in [7, 11) is 0. The van der Waals surface area contributed by atoms with Gasteiger partial charge in [-0.15, -0.1) is 0 Å². The lowest BCUT2D eigenvalue weighted by atomic mass is 10.1. The van der Waals surface area contributed by atoms with Crippen molar-refractivity contribution >= 4 is 5.97 Å². The molecular weight excluding hydrogens is 304 g/mol. The van der Waals surface area contributed by atoms with Gasteiger partial charge in [-0.2, -0.15) is 0 Å². The summed E-state index contributed by atoms with van der Waals surface area (Å²) in [6.07, 6.45) is 3.86. The van der Waals surface area contributed by atoms with Crippen LogP contribution in [0.15, 0.2) is 29.8 Å². The average molecular weight is 330 g/mol. The fourth-order valence-corrected chi connectivity index (χ4v) is 3.43. The fraction of sp³-hybridized carbons (Fsp3) is 0.550. The second-order valence-corrected chi connectivity index (χ2v) is 7.53. The predicted molar refractivity (Wildman–Crippen MR) is 92.0 cm³/mol. The lowest BCUT2D eigenvalue weighted by Crippen LogP contribution is -2.12. The summed E-state index contributed by atoms with van der Waals surface area (Å²) in [5, 5.41) is 0. The van der Waals surface area contributed by atoms with Crippen LogP contribution in [0.2, 0.25) is 0 Å². The summed E-state index contributed by atoms with van der Waals surface area (Å²) in [6.45, 7) is 9.16. The Hall–Kier alpha value is -1.97. The summed E-state index contributed by atoms with van der Waals surface area (Å²) < 4.78 is 16.2. The first kappa shape index (κ1) is 16.9. The summed E-state index contributed by atoms with van der Waals surface area (Å²) in [6, 6.07) is 5.96. The first-order valence-corrected chi connectivity index (χ1v) is 8.60. The van der Waals surface area contributed by atoms with E-state index in [1.807, 2.05) is 18.2 Å². The van der Waals surface area contributed by atoms with Gasteiger partial charge >= 0.3 is 5.97 Å². The number of ether oxygens (including phenoxy) is 3. The maximum Gasteiger partial charge on any atom is 0.310 e. The fourth-order valence-electron chi connectivity index (χ4n) is 3.43. The molecule has 1 aromatic rings. The third-order valence-corrected chi connectivity index (χ3v) is 4.97. The van der Waals surface area contributed by atoms with Crippen LogP contribution in [0.3, 0.4) is 0 Å². The van der Waals surface area contributed by atoms with E-state index in [2.05, 4.69) is 33.8 Å². The molecule has 4 heteroatoms. The van der Waals surface area contributed by atoms with Crippen molar-refractivity contribution < 1.29 is 19.0 Å². The number of rotatable bonds is 6. The van der Waals surface area contributed by atoms with Gasteiger partial charge in [0.1, 0.15) is 0 Å². The van der Waals surface area contributed by atoms with E-state index in [0.29, 0.717) is 19.3 Å². The number of hydrogen-bond donors (Lipinski definition) is 0. The molecule has 0 saturated heterocycles. The molecule has 0 N–H and O–H groups in total. The molecule has 130 valence electrons. The number of carbonyl (C=O) groups is 1. The molecule has 3 rings (SSSR count). The first-order chi connectivity index (χ1) is 11.4. The molecule has 0 aromatic heterocycles. The molecule has 0 amide bonds. The SMILES string of the molecule is CC(C)=C[C@@H]1[C@H](C(=O)OCCCc2ccc3c(c2)OCO3)C1(C)C. The zero-order chi connectivity index (χ0) is 17.3. The molecule has 1 heterocycles. The van der Waals surface area contributed by atoms with Gasteiger partial charge in [0.05, 0.1) is 12.5 Å². The van der Waals surface area contributed by atoms with E-state index in [-0.39, 0.29) is 17.3 Å². The lowest BCUT2D eigenvalue weighted by Gasteiger charge is -2.06. The van der Waals surface area contributed by atoms with Gasteiger partial charge in [0.2, 0.25) is 6.79 Å². The van der Waals surface area contributed by atoms with Crippen LogP contribution in [0.5, 0.6) is 11.5 Å². The minimum absolute atomic E-state index is 0.00190. The highest BCUT2D eigenvalue weighted by atomic mass is 16.7. The maximum atomic E-state index is 12.3. The zero-order valence-corrected chi connectivity index (χ0v) is 14.9. The Bertz CT molecular complexity index is 656. The number of benzene rings is 1. The molecule has 1 aliphatic heterocycles. The van der Waals surface area contributed by atoms with E-state index >= 15 is 0 Å². The standard InChI is InChI=1S/C20H26O4/c1-13(2)10-15-18(20(15,3)4)19(21)22-9-5-6-14-7-8-16-17(11-14)24-12-23-16/h7-8,10-11,15,18H,5-6,9,12H2,1-4H3/t15-,18-/m1/s1. The highest BCUT2D eigenvalue weighted by Gasteiger charge is 2.61. The van der Waals surface area contributed by atoms with Crippen molar-refractivity contribution in [2.45, 2.75) is 40.5 Å². The monoisotopic (exact) mass is 330 g/mol. The Morgan fingerprint density at radius 1 is 1.29 bits per heavy atom. The van der Waals surface area contributed by atoms with Gasteiger partial charge in [-0.3, -0.25) is 4.79 Å². The molecule has 1 saturated carbocycles. The molecule has 0 unspecified atom stereocenters. The second-order valence-electron chi connectivity index (χ2n) is 7.53. The smallest absolute Gasteiger partial charge is 0.310 e. The molecule has 0 radical (unpaired) electrons. The summed E-state index contributed by atoms with van der Waals surface area (Å²) >= 11 is 0. The Kier molecular flexibility index (Phi) is 4.57. The van der Waals surface area contributed by atoms with E-state index in [0.717, 1.165) is 24.3 Å². The number of allylic oxidation sites excluding steroid dienone is 2. The Balaban J connectivity index is 1.44. The van der Waals surface area contributed by atoms with Crippen molar-refractivity contribution in [2.75, 3.05) is 13.4 Å². The first-order valence-electron chi connectivity index (χ1n) is 8.60. The number of carbonyl (C=O) groups excluding carboxylic acids is 1. The van der Waals surface area contributed by atoms with Gasteiger partial charge in [0.15, 0.2) is 11.5 Å². The Morgan fingerprint density at radius 2 is 2.04 bits per heavy atom. The van der Waals surface area contributed by atoms with Gasteiger partial charge in [-0.05, 0) is 55.7 Å². The minimum atomic E-state index is -0.0619. The van der Waals surface area contributed by atoms with Gasteiger partial charge in [-0.1, -0.05) is 31.6 Å². The van der Waals surface area contributed by atoms with Crippen molar-refractivity contribution in [1.29, 1.82) is 0 Å². The van der Waals surface area contributed by atoms with Crippen LogP contribution in [-0.4, -0.2) is 19.4 Å². The number of hydrogen-bond acceptors (Lipinski definition) is 4. The van der Waals surface area contributed by atoms with E-state index < -0.39 is 0 Å². The average Bonchev–Trinajstić information content (AvgIpc) is 2.87. The van der Waals surface area contributed by atoms with Crippen molar-refractivity contribution in [3.05, 3.63) is 35.4 Å². The summed E-state index contributed by atoms with van der Waals surface area (Å²) in [4.78, 5) is 12.3. The van der Waals surface area contributed by atoms with Crippen molar-refractivity contribution in [2.24, 2.45) is 17.3 Å². The Labute approximate surface area is 143 Å². The molecule has 0 bridgehead atoms. The van der Waals surface area contributed by atoms with Crippen LogP contribution in [-0.2, 0) is 16.0 Å². The summed E-state index contributed by atoms with van der Waals surface area (Å²) in [5.41, 5.74) is 2.45. The van der Waals surface area contributed by atoms with Crippen LogP contribution < -0.4 is 9.47 Å². The predicted octanol–water partition coefficient (Wildman–Crippen LogP) is 4.13.